The lowest BCUT2D eigenvalue weighted by Crippen LogP contribution is -2.08. The summed E-state index contributed by atoms with van der Waals surface area (Å²) in [5.41, 5.74) is 8.00. The molecule has 0 aliphatic rings. The number of aromatic nitrogens is 1. The molecule has 2 N–H and O–H groups in total. The van der Waals surface area contributed by atoms with Gasteiger partial charge in [-0.25, -0.2) is 0 Å². The van der Waals surface area contributed by atoms with Gasteiger partial charge in [-0.05, 0) is 36.1 Å². The third-order valence-corrected chi connectivity index (χ3v) is 3.92. The first-order chi connectivity index (χ1) is 11.1. The Kier molecular flexibility index (Phi) is 7.37. The highest BCUT2D eigenvalue weighted by atomic mass is 35.5. The third kappa shape index (κ3) is 4.10. The van der Waals surface area contributed by atoms with Crippen LogP contribution >= 0.6 is 24.8 Å². The first kappa shape index (κ1) is 20.9. The summed E-state index contributed by atoms with van der Waals surface area (Å²) in [6, 6.07) is 12.8. The molecule has 6 heteroatoms. The lowest BCUT2D eigenvalue weighted by molar-refractivity contribution is 0.103. The number of methoxy groups -OCH3 is 1. The van der Waals surface area contributed by atoms with E-state index in [4.69, 9.17) is 10.5 Å². The van der Waals surface area contributed by atoms with E-state index in [-0.39, 0.29) is 36.6 Å². The van der Waals surface area contributed by atoms with Gasteiger partial charge in [0.15, 0.2) is 5.78 Å². The number of hydrogen-bond donors (Lipinski definition) is 1. The van der Waals surface area contributed by atoms with E-state index in [1.54, 1.807) is 25.6 Å². The van der Waals surface area contributed by atoms with Gasteiger partial charge in [-0.2, -0.15) is 0 Å². The zero-order chi connectivity index (χ0) is 16.4. The van der Waals surface area contributed by atoms with Crippen LogP contribution in [-0.2, 0) is 0 Å². The molecule has 3 aromatic rings. The van der Waals surface area contributed by atoms with Crippen LogP contribution < -0.4 is 10.5 Å². The number of benzene rings is 2. The van der Waals surface area contributed by atoms with Crippen LogP contribution in [0.2, 0.25) is 0 Å². The molecule has 3 rings (SSSR count). The summed E-state index contributed by atoms with van der Waals surface area (Å²) >= 11 is 0. The van der Waals surface area contributed by atoms with E-state index >= 15 is 0 Å². The van der Waals surface area contributed by atoms with E-state index in [0.29, 0.717) is 16.9 Å². The third-order valence-electron chi connectivity index (χ3n) is 3.92. The molecular formula is C19H20Cl2N2O2. The maximum atomic E-state index is 13.0. The molecule has 0 saturated carbocycles. The molecule has 1 heterocycles. The zero-order valence-corrected chi connectivity index (χ0v) is 15.6. The quantitative estimate of drug-likeness (QED) is 0.685. The van der Waals surface area contributed by atoms with Crippen molar-refractivity contribution in [1.29, 1.82) is 0 Å². The summed E-state index contributed by atoms with van der Waals surface area (Å²) in [5, 5.41) is 1.82. The summed E-state index contributed by atoms with van der Waals surface area (Å²) in [7, 11) is 1.56. The van der Waals surface area contributed by atoms with E-state index in [1.807, 2.05) is 43.3 Å². The van der Waals surface area contributed by atoms with E-state index in [9.17, 15) is 4.79 Å². The molecule has 132 valence electrons. The highest BCUT2D eigenvalue weighted by Gasteiger charge is 2.17. The largest absolute Gasteiger partial charge is 0.496 e. The second-order valence-electron chi connectivity index (χ2n) is 5.48. The number of carbonyl (C=O) groups is 1. The molecule has 0 unspecified atom stereocenters. The average Bonchev–Trinajstić information content (AvgIpc) is 2.60. The number of nitrogens with zero attached hydrogens (tertiary/aromatic N) is 1. The van der Waals surface area contributed by atoms with E-state index in [0.717, 1.165) is 16.3 Å². The van der Waals surface area contributed by atoms with Gasteiger partial charge in [0.2, 0.25) is 0 Å². The molecule has 0 radical (unpaired) electrons. The SMILES string of the molecule is COc1cc([C@@H](C)N)ccc1C(=O)c1cccc2cnccc12.Cl.Cl. The van der Waals surface area contributed by atoms with Crippen molar-refractivity contribution in [3.05, 3.63) is 71.5 Å². The van der Waals surface area contributed by atoms with Gasteiger partial charge in [0.25, 0.3) is 0 Å². The van der Waals surface area contributed by atoms with Crippen molar-refractivity contribution in [2.75, 3.05) is 7.11 Å². The Balaban J connectivity index is 0.00000156. The Morgan fingerprint density at radius 3 is 2.56 bits per heavy atom. The van der Waals surface area contributed by atoms with Gasteiger partial charge in [-0.3, -0.25) is 9.78 Å². The minimum atomic E-state index is -0.114. The Labute approximate surface area is 159 Å². The van der Waals surface area contributed by atoms with Crippen LogP contribution in [0.1, 0.15) is 34.5 Å². The van der Waals surface area contributed by atoms with Gasteiger partial charge in [0.05, 0.1) is 12.7 Å². The van der Waals surface area contributed by atoms with E-state index < -0.39 is 0 Å². The molecule has 0 spiro atoms. The first-order valence-corrected chi connectivity index (χ1v) is 7.42. The molecule has 0 amide bonds. The smallest absolute Gasteiger partial charge is 0.197 e. The number of hydrogen-bond acceptors (Lipinski definition) is 4. The molecule has 0 aliphatic carbocycles. The topological polar surface area (TPSA) is 65.2 Å². The molecule has 1 atom stereocenters. The molecular weight excluding hydrogens is 359 g/mol. The van der Waals surface area contributed by atoms with Crippen LogP contribution in [0, 0.1) is 0 Å². The number of nitrogens with two attached hydrogens (primary N) is 1. The molecule has 0 saturated heterocycles. The second-order valence-corrected chi connectivity index (χ2v) is 5.48. The lowest BCUT2D eigenvalue weighted by Gasteiger charge is -2.13. The van der Waals surface area contributed by atoms with Crippen LogP contribution in [0.15, 0.2) is 54.9 Å². The molecule has 0 fully saturated rings. The van der Waals surface area contributed by atoms with Crippen LogP contribution in [0.3, 0.4) is 0 Å². The maximum Gasteiger partial charge on any atom is 0.197 e. The van der Waals surface area contributed by atoms with Crippen molar-refractivity contribution >= 4 is 41.4 Å². The van der Waals surface area contributed by atoms with Gasteiger partial charge < -0.3 is 10.5 Å². The Bertz CT molecular complexity index is 877. The summed E-state index contributed by atoms with van der Waals surface area (Å²) in [6.07, 6.45) is 3.44. The monoisotopic (exact) mass is 378 g/mol. The Morgan fingerprint density at radius 2 is 1.88 bits per heavy atom. The van der Waals surface area contributed by atoms with Gasteiger partial charge in [0.1, 0.15) is 5.75 Å². The van der Waals surface area contributed by atoms with Crippen LogP contribution in [0.4, 0.5) is 0 Å². The van der Waals surface area contributed by atoms with Crippen molar-refractivity contribution in [3.8, 4) is 5.75 Å². The number of pyridine rings is 1. The number of ether oxygens (including phenoxy) is 1. The number of fused-ring (bicyclic) bond motifs is 1. The fourth-order valence-corrected chi connectivity index (χ4v) is 2.64. The highest BCUT2D eigenvalue weighted by molar-refractivity contribution is 6.17. The fraction of sp³-hybridized carbons (Fsp3) is 0.158. The summed E-state index contributed by atoms with van der Waals surface area (Å²) in [5.74, 6) is 0.464. The summed E-state index contributed by atoms with van der Waals surface area (Å²) in [4.78, 5) is 17.1. The van der Waals surface area contributed by atoms with Crippen LogP contribution in [0.5, 0.6) is 5.75 Å². The molecule has 25 heavy (non-hydrogen) atoms. The van der Waals surface area contributed by atoms with E-state index in [1.165, 1.54) is 0 Å². The molecule has 0 aliphatic heterocycles. The number of carbonyl (C=O) groups excluding carboxylic acids is 1. The van der Waals surface area contributed by atoms with Gasteiger partial charge in [0, 0.05) is 29.4 Å². The zero-order valence-electron chi connectivity index (χ0n) is 13.9. The summed E-state index contributed by atoms with van der Waals surface area (Å²) in [6.45, 7) is 1.90. The normalized spacial score (nSPS) is 11.2. The fourth-order valence-electron chi connectivity index (χ4n) is 2.64. The summed E-state index contributed by atoms with van der Waals surface area (Å²) < 4.78 is 5.40. The van der Waals surface area contributed by atoms with Crippen LogP contribution in [0.25, 0.3) is 10.8 Å². The second kappa shape index (κ2) is 8.81. The molecule has 4 nitrogen and oxygen atoms in total. The highest BCUT2D eigenvalue weighted by Crippen LogP contribution is 2.28. The molecule has 0 bridgehead atoms. The standard InChI is InChI=1S/C19H18N2O2.2ClH/c1-12(20)13-6-7-17(18(10-13)23-2)19(22)16-5-3-4-14-11-21-9-8-15(14)16;;/h3-12H,20H2,1-2H3;2*1H/t12-;;/m1../s1. The average molecular weight is 379 g/mol. The lowest BCUT2D eigenvalue weighted by atomic mass is 9.96. The Hall–Kier alpha value is -2.14. The van der Waals surface area contributed by atoms with Crippen molar-refractivity contribution in [2.45, 2.75) is 13.0 Å². The van der Waals surface area contributed by atoms with Gasteiger partial charge >= 0.3 is 0 Å². The van der Waals surface area contributed by atoms with Gasteiger partial charge in [-0.15, -0.1) is 24.8 Å². The van der Waals surface area contributed by atoms with Gasteiger partial charge in [-0.1, -0.05) is 24.3 Å². The van der Waals surface area contributed by atoms with Crippen molar-refractivity contribution in [1.82, 2.24) is 4.98 Å². The van der Waals surface area contributed by atoms with Crippen molar-refractivity contribution < 1.29 is 9.53 Å². The number of halogens is 2. The molecule has 1 aromatic heterocycles. The van der Waals surface area contributed by atoms with Crippen molar-refractivity contribution in [2.24, 2.45) is 5.73 Å². The van der Waals surface area contributed by atoms with Crippen molar-refractivity contribution in [3.63, 3.8) is 0 Å². The van der Waals surface area contributed by atoms with E-state index in [2.05, 4.69) is 4.98 Å². The first-order valence-electron chi connectivity index (χ1n) is 7.42. The van der Waals surface area contributed by atoms with Crippen LogP contribution in [-0.4, -0.2) is 17.9 Å². The minimum absolute atomic E-state index is 0. The molecule has 2 aromatic carbocycles. The minimum Gasteiger partial charge on any atom is -0.496 e. The number of rotatable bonds is 4. The Morgan fingerprint density at radius 1 is 1.12 bits per heavy atom. The number of ketones is 1. The predicted octanol–water partition coefficient (Wildman–Crippen LogP) is 4.34. The maximum absolute atomic E-state index is 13.0. The predicted molar refractivity (Wildman–Crippen MR) is 105 cm³/mol.